The quantitative estimate of drug-likeness (QED) is 0.284. The first-order valence-corrected chi connectivity index (χ1v) is 13.1. The molecular weight excluding hydrogens is 540 g/mol. The zero-order valence-electron chi connectivity index (χ0n) is 22.3. The smallest absolute Gasteiger partial charge is 0.407 e. The number of piperidine rings is 1. The van der Waals surface area contributed by atoms with E-state index in [2.05, 4.69) is 16.4 Å². The average molecular weight is 571 g/mol. The van der Waals surface area contributed by atoms with E-state index in [0.717, 1.165) is 0 Å². The molecule has 0 atom stereocenters. The number of fused-ring (bicyclic) bond motifs is 1. The minimum atomic E-state index is -0.921. The molecule has 11 nitrogen and oxygen atoms in total. The molecule has 0 unspecified atom stereocenters. The molecule has 0 aliphatic carbocycles. The summed E-state index contributed by atoms with van der Waals surface area (Å²) in [6.45, 7) is 2.27. The number of nitrogens with zero attached hydrogens (tertiary/aromatic N) is 3. The maximum Gasteiger partial charge on any atom is 0.407 e. The third-order valence-corrected chi connectivity index (χ3v) is 6.65. The largest absolute Gasteiger partial charge is 0.489 e. The van der Waals surface area contributed by atoms with Crippen LogP contribution in [0, 0.1) is 11.3 Å². The number of halogens is 1. The summed E-state index contributed by atoms with van der Waals surface area (Å²) >= 11 is 6.56. The number of hydrogen-bond donors (Lipinski definition) is 2. The molecule has 0 radical (unpaired) electrons. The molecule has 1 aliphatic heterocycles. The number of likely N-dealkylation sites (tertiary alicyclic amines) is 1. The number of methoxy groups -OCH3 is 2. The van der Waals surface area contributed by atoms with E-state index in [-0.39, 0.29) is 6.10 Å². The third kappa shape index (κ3) is 7.15. The number of anilines is 2. The molecule has 1 fully saturated rings. The second kappa shape index (κ2) is 13.9. The number of ether oxygens (including phenoxy) is 5. The Morgan fingerprint density at radius 2 is 1.75 bits per heavy atom. The lowest BCUT2D eigenvalue weighted by Gasteiger charge is -2.30. The van der Waals surface area contributed by atoms with E-state index >= 15 is 0 Å². The Morgan fingerprint density at radius 3 is 2.35 bits per heavy atom. The second-order valence-corrected chi connectivity index (χ2v) is 9.42. The SMILES string of the molecule is COCCOc1cc2ncc(C#N)c(Nc3ccc(OC4CCN(C(=O)O)CC4)c(Cl)c3)c2cc1OCCOC. The Bertz CT molecular complexity index is 1370. The lowest BCUT2D eigenvalue weighted by Crippen LogP contribution is -2.41. The molecule has 2 heterocycles. The zero-order chi connectivity index (χ0) is 28.5. The molecule has 212 valence electrons. The van der Waals surface area contributed by atoms with Crippen molar-refractivity contribution in [1.29, 1.82) is 5.26 Å². The maximum absolute atomic E-state index is 11.1. The number of amides is 1. The average Bonchev–Trinajstić information content (AvgIpc) is 2.95. The van der Waals surface area contributed by atoms with E-state index in [1.165, 1.54) is 11.1 Å². The Labute approximate surface area is 237 Å². The Balaban J connectivity index is 1.59. The number of carboxylic acid groups (broad SMARTS) is 1. The van der Waals surface area contributed by atoms with Crippen molar-refractivity contribution >= 4 is 40.0 Å². The standard InChI is InChI=1S/C28H31ClN4O7/c1-36-9-11-38-25-14-21-23(15-26(25)39-12-10-37-2)31-17-18(16-30)27(21)32-19-3-4-24(22(29)13-19)40-20-5-7-33(8-6-20)28(34)35/h3-4,13-15,17,20H,5-12H2,1-2H3,(H,31,32)(H,34,35). The monoisotopic (exact) mass is 570 g/mol. The molecule has 1 aliphatic rings. The van der Waals surface area contributed by atoms with Crippen molar-refractivity contribution in [2.75, 3.05) is 59.1 Å². The Hall–Kier alpha value is -3.98. The van der Waals surface area contributed by atoms with Crippen LogP contribution in [0.4, 0.5) is 16.2 Å². The number of pyridine rings is 1. The fraction of sp³-hybridized carbons (Fsp3) is 0.393. The summed E-state index contributed by atoms with van der Waals surface area (Å²) in [5, 5.41) is 23.3. The van der Waals surface area contributed by atoms with Crippen LogP contribution < -0.4 is 19.5 Å². The second-order valence-electron chi connectivity index (χ2n) is 9.01. The van der Waals surface area contributed by atoms with Gasteiger partial charge < -0.3 is 39.0 Å². The van der Waals surface area contributed by atoms with Gasteiger partial charge in [-0.1, -0.05) is 11.6 Å². The number of aromatic nitrogens is 1. The molecule has 0 saturated carbocycles. The van der Waals surface area contributed by atoms with Gasteiger partial charge in [0.1, 0.15) is 31.1 Å². The summed E-state index contributed by atoms with van der Waals surface area (Å²) in [4.78, 5) is 17.0. The first kappa shape index (κ1) is 29.0. The van der Waals surface area contributed by atoms with Gasteiger partial charge in [0.05, 0.1) is 35.0 Å². The highest BCUT2D eigenvalue weighted by Gasteiger charge is 2.24. The van der Waals surface area contributed by atoms with Crippen LogP contribution in [0.5, 0.6) is 17.2 Å². The van der Waals surface area contributed by atoms with Crippen LogP contribution in [0.2, 0.25) is 5.02 Å². The minimum absolute atomic E-state index is 0.127. The van der Waals surface area contributed by atoms with Crippen molar-refractivity contribution in [3.8, 4) is 23.3 Å². The number of rotatable bonds is 12. The van der Waals surface area contributed by atoms with Crippen molar-refractivity contribution in [3.63, 3.8) is 0 Å². The summed E-state index contributed by atoms with van der Waals surface area (Å²) in [5.41, 5.74) is 2.12. The van der Waals surface area contributed by atoms with Crippen LogP contribution in [0.1, 0.15) is 18.4 Å². The molecule has 0 spiro atoms. The van der Waals surface area contributed by atoms with E-state index in [1.54, 1.807) is 44.6 Å². The molecule has 12 heteroatoms. The van der Waals surface area contributed by atoms with E-state index in [9.17, 15) is 10.1 Å². The fourth-order valence-electron chi connectivity index (χ4n) is 4.28. The lowest BCUT2D eigenvalue weighted by atomic mass is 10.1. The molecule has 40 heavy (non-hydrogen) atoms. The van der Waals surface area contributed by atoms with Crippen LogP contribution >= 0.6 is 11.6 Å². The highest BCUT2D eigenvalue weighted by molar-refractivity contribution is 6.32. The zero-order valence-corrected chi connectivity index (χ0v) is 23.1. The Kier molecular flexibility index (Phi) is 10.1. The van der Waals surface area contributed by atoms with Crippen molar-refractivity contribution in [1.82, 2.24) is 9.88 Å². The van der Waals surface area contributed by atoms with Gasteiger partial charge in [-0.3, -0.25) is 4.98 Å². The molecule has 3 aromatic rings. The molecule has 1 saturated heterocycles. The number of nitriles is 1. The molecule has 2 N–H and O–H groups in total. The van der Waals surface area contributed by atoms with Crippen molar-refractivity contribution in [3.05, 3.63) is 47.1 Å². The maximum atomic E-state index is 11.1. The predicted molar refractivity (Wildman–Crippen MR) is 149 cm³/mol. The van der Waals surface area contributed by atoms with Crippen molar-refractivity contribution in [2.24, 2.45) is 0 Å². The van der Waals surface area contributed by atoms with Gasteiger partial charge in [-0.15, -0.1) is 0 Å². The van der Waals surface area contributed by atoms with Crippen molar-refractivity contribution < 1.29 is 33.6 Å². The lowest BCUT2D eigenvalue weighted by molar-refractivity contribution is 0.0895. The van der Waals surface area contributed by atoms with Crippen molar-refractivity contribution in [2.45, 2.75) is 18.9 Å². The number of benzene rings is 2. The van der Waals surface area contributed by atoms with Crippen LogP contribution in [-0.2, 0) is 9.47 Å². The first-order chi connectivity index (χ1) is 19.4. The molecule has 1 aromatic heterocycles. The van der Waals surface area contributed by atoms with E-state index in [1.807, 2.05) is 0 Å². The topological polar surface area (TPSA) is 135 Å². The van der Waals surface area contributed by atoms with E-state index < -0.39 is 6.09 Å². The summed E-state index contributed by atoms with van der Waals surface area (Å²) in [6.07, 6.45) is 1.62. The van der Waals surface area contributed by atoms with Gasteiger partial charge in [-0.25, -0.2) is 4.79 Å². The highest BCUT2D eigenvalue weighted by Crippen LogP contribution is 2.38. The summed E-state index contributed by atoms with van der Waals surface area (Å²) in [5.74, 6) is 1.49. The molecule has 0 bridgehead atoms. The number of carbonyl (C=O) groups is 1. The summed E-state index contributed by atoms with van der Waals surface area (Å²) < 4.78 is 28.0. The number of hydrogen-bond acceptors (Lipinski definition) is 9. The van der Waals surface area contributed by atoms with Gasteiger partial charge in [0.15, 0.2) is 11.5 Å². The number of nitrogens with one attached hydrogen (secondary N) is 1. The van der Waals surface area contributed by atoms with Crippen LogP contribution in [0.3, 0.4) is 0 Å². The summed E-state index contributed by atoms with van der Waals surface area (Å²) in [7, 11) is 3.19. The van der Waals surface area contributed by atoms with Gasteiger partial charge in [-0.05, 0) is 24.3 Å². The summed E-state index contributed by atoms with van der Waals surface area (Å²) in [6, 6.07) is 11.0. The third-order valence-electron chi connectivity index (χ3n) is 6.35. The normalized spacial score (nSPS) is 13.6. The van der Waals surface area contributed by atoms with E-state index in [4.69, 9.17) is 40.4 Å². The Morgan fingerprint density at radius 1 is 1.07 bits per heavy atom. The van der Waals surface area contributed by atoms with Gasteiger partial charge in [0, 0.05) is 63.5 Å². The van der Waals surface area contributed by atoms with Crippen LogP contribution in [0.25, 0.3) is 10.9 Å². The molecule has 2 aromatic carbocycles. The molecule has 1 amide bonds. The molecule has 4 rings (SSSR count). The minimum Gasteiger partial charge on any atom is -0.489 e. The predicted octanol–water partition coefficient (Wildman–Crippen LogP) is 5.08. The van der Waals surface area contributed by atoms with Gasteiger partial charge in [-0.2, -0.15) is 5.26 Å². The first-order valence-electron chi connectivity index (χ1n) is 12.7. The highest BCUT2D eigenvalue weighted by atomic mass is 35.5. The van der Waals surface area contributed by atoms with Crippen LogP contribution in [-0.4, -0.2) is 80.9 Å². The van der Waals surface area contributed by atoms with Crippen LogP contribution in [0.15, 0.2) is 36.5 Å². The van der Waals surface area contributed by atoms with Gasteiger partial charge in [0.25, 0.3) is 0 Å². The molecular formula is C28H31ClN4O7. The van der Waals surface area contributed by atoms with E-state index in [0.29, 0.717) is 102 Å². The van der Waals surface area contributed by atoms with Gasteiger partial charge in [0.2, 0.25) is 0 Å². The fourth-order valence-corrected chi connectivity index (χ4v) is 4.50. The van der Waals surface area contributed by atoms with Gasteiger partial charge >= 0.3 is 6.09 Å².